The third-order valence-corrected chi connectivity index (χ3v) is 2.02. The minimum absolute atomic E-state index is 0.0270. The van der Waals surface area contributed by atoms with Gasteiger partial charge in [-0.1, -0.05) is 18.2 Å². The van der Waals surface area contributed by atoms with E-state index < -0.39 is 5.97 Å². The first kappa shape index (κ1) is 8.62. The van der Waals surface area contributed by atoms with E-state index in [9.17, 15) is 9.90 Å². The van der Waals surface area contributed by atoms with Gasteiger partial charge in [0.25, 0.3) is 0 Å². The summed E-state index contributed by atoms with van der Waals surface area (Å²) >= 11 is 0. The van der Waals surface area contributed by atoms with E-state index in [0.29, 0.717) is 16.9 Å². The van der Waals surface area contributed by atoms with Gasteiger partial charge in [0.05, 0.1) is 0 Å². The van der Waals surface area contributed by atoms with Gasteiger partial charge in [0.2, 0.25) is 0 Å². The van der Waals surface area contributed by atoms with Crippen molar-refractivity contribution in [1.82, 2.24) is 0 Å². The zero-order chi connectivity index (χ0) is 10.1. The van der Waals surface area contributed by atoms with E-state index in [1.165, 1.54) is 0 Å². The number of rotatable bonds is 2. The second kappa shape index (κ2) is 3.06. The van der Waals surface area contributed by atoms with Crippen molar-refractivity contribution >= 4 is 5.97 Å². The quantitative estimate of drug-likeness (QED) is 0.759. The maximum atomic E-state index is 10.5. The van der Waals surface area contributed by atoms with Crippen molar-refractivity contribution in [2.24, 2.45) is 0 Å². The van der Waals surface area contributed by atoms with Crippen LogP contribution in [0.15, 0.2) is 28.9 Å². The minimum Gasteiger partial charge on any atom is -0.504 e. The molecule has 0 saturated heterocycles. The second-order valence-electron chi connectivity index (χ2n) is 2.97. The summed E-state index contributed by atoms with van der Waals surface area (Å²) in [6.07, 6.45) is 0.974. The van der Waals surface area contributed by atoms with E-state index in [1.807, 2.05) is 0 Å². The van der Waals surface area contributed by atoms with Crippen LogP contribution in [0.4, 0.5) is 0 Å². The number of hydrogen-bond acceptors (Lipinski definition) is 3. The van der Waals surface area contributed by atoms with Gasteiger partial charge in [-0.3, -0.25) is 4.79 Å². The lowest BCUT2D eigenvalue weighted by Crippen LogP contribution is -2.01. The Labute approximate surface area is 79.7 Å². The Morgan fingerprint density at radius 3 is 2.79 bits per heavy atom. The fourth-order valence-electron chi connectivity index (χ4n) is 1.41. The lowest BCUT2D eigenvalue weighted by molar-refractivity contribution is -0.136. The van der Waals surface area contributed by atoms with Crippen LogP contribution in [0.3, 0.4) is 0 Å². The molecule has 0 amide bonds. The Bertz CT molecular complexity index is 444. The number of fused-ring (bicyclic) bond motifs is 1. The van der Waals surface area contributed by atoms with Gasteiger partial charge < -0.3 is 14.6 Å². The summed E-state index contributed by atoms with van der Waals surface area (Å²) in [4.78, 5) is 10.5. The fourth-order valence-corrected chi connectivity index (χ4v) is 1.41. The molecule has 0 radical (unpaired) electrons. The molecule has 0 spiro atoms. The van der Waals surface area contributed by atoms with Gasteiger partial charge in [0.15, 0.2) is 5.75 Å². The van der Waals surface area contributed by atoms with Gasteiger partial charge in [-0.15, -0.1) is 0 Å². The summed E-state index contributed by atoms with van der Waals surface area (Å²) in [5, 5.41) is 18.0. The van der Waals surface area contributed by atoms with Gasteiger partial charge in [-0.2, -0.15) is 0 Å². The highest BCUT2D eigenvalue weighted by Crippen LogP contribution is 2.34. The molecule has 4 nitrogen and oxygen atoms in total. The molecule has 0 unspecified atom stereocenters. The maximum Gasteiger partial charge on any atom is 0.311 e. The number of carbonyl (C=O) groups is 1. The van der Waals surface area contributed by atoms with Crippen molar-refractivity contribution in [2.75, 3.05) is 0 Å². The lowest BCUT2D eigenvalue weighted by atomic mass is 10.1. The lowest BCUT2D eigenvalue weighted by Gasteiger charge is -2.06. The first-order valence-electron chi connectivity index (χ1n) is 4.08. The first-order valence-corrected chi connectivity index (χ1v) is 4.08. The average Bonchev–Trinajstić information content (AvgIpc) is 2.58. The molecular formula is C10H8O4. The second-order valence-corrected chi connectivity index (χ2v) is 2.97. The number of aliphatic carboxylic acids is 1. The molecule has 14 heavy (non-hydrogen) atoms. The van der Waals surface area contributed by atoms with Crippen molar-refractivity contribution in [3.63, 3.8) is 0 Å². The maximum absolute atomic E-state index is 10.5. The third-order valence-electron chi connectivity index (χ3n) is 2.02. The molecule has 0 fully saturated rings. The van der Waals surface area contributed by atoms with Crippen LogP contribution in [0.5, 0.6) is 5.75 Å². The van der Waals surface area contributed by atoms with Gasteiger partial charge in [0.1, 0.15) is 18.4 Å². The van der Waals surface area contributed by atoms with Gasteiger partial charge >= 0.3 is 5.97 Å². The SMILES string of the molecule is O=C(O)Cc1occ(O)c2cccc1-2. The Morgan fingerprint density at radius 1 is 1.36 bits per heavy atom. The molecule has 0 atom stereocenters. The first-order chi connectivity index (χ1) is 6.68. The molecule has 0 bridgehead atoms. The largest absolute Gasteiger partial charge is 0.504 e. The number of hydrogen-bond donors (Lipinski definition) is 2. The summed E-state index contributed by atoms with van der Waals surface area (Å²) in [6, 6.07) is 5.17. The van der Waals surface area contributed by atoms with Crippen LogP contribution in [0.1, 0.15) is 5.76 Å². The van der Waals surface area contributed by atoms with Crippen LogP contribution in [0.25, 0.3) is 11.1 Å². The van der Waals surface area contributed by atoms with Crippen molar-refractivity contribution < 1.29 is 19.4 Å². The summed E-state index contributed by atoms with van der Waals surface area (Å²) < 4.78 is 5.01. The molecule has 72 valence electrons. The molecule has 0 saturated carbocycles. The van der Waals surface area contributed by atoms with Crippen LogP contribution in [-0.4, -0.2) is 16.2 Å². The van der Waals surface area contributed by atoms with E-state index in [0.717, 1.165) is 6.26 Å². The summed E-state index contributed by atoms with van der Waals surface area (Å²) in [5.74, 6) is -0.573. The molecule has 2 N–H and O–H groups in total. The van der Waals surface area contributed by atoms with Crippen molar-refractivity contribution in [1.29, 1.82) is 0 Å². The van der Waals surface area contributed by atoms with Crippen molar-refractivity contribution in [2.45, 2.75) is 6.42 Å². The molecule has 0 aromatic heterocycles. The summed E-state index contributed by atoms with van der Waals surface area (Å²) in [5.41, 5.74) is 1.26. The standard InChI is InChI=1S/C10H8O4/c11-8-5-14-9(4-10(12)13)7-3-1-2-6(7)8/h1-3,5,11H,4H2,(H,12,13). The molecular weight excluding hydrogens is 184 g/mol. The molecule has 0 aromatic rings. The topological polar surface area (TPSA) is 70.7 Å². The van der Waals surface area contributed by atoms with Crippen LogP contribution in [-0.2, 0) is 11.2 Å². The fraction of sp³-hybridized carbons (Fsp3) is 0.100. The smallest absolute Gasteiger partial charge is 0.311 e. The number of carboxylic acids is 1. The number of aromatic hydroxyl groups is 1. The molecule has 0 aromatic carbocycles. The van der Waals surface area contributed by atoms with E-state index in [4.69, 9.17) is 9.52 Å². The third kappa shape index (κ3) is 1.31. The minimum atomic E-state index is -0.957. The highest BCUT2D eigenvalue weighted by atomic mass is 16.4. The Morgan fingerprint density at radius 2 is 2.07 bits per heavy atom. The molecule has 1 heterocycles. The van der Waals surface area contributed by atoms with Gasteiger partial charge in [-0.05, 0) is 0 Å². The summed E-state index contributed by atoms with van der Waals surface area (Å²) in [7, 11) is 0. The molecule has 2 aliphatic rings. The Kier molecular flexibility index (Phi) is 1.89. The van der Waals surface area contributed by atoms with Crippen LogP contribution >= 0.6 is 0 Å². The van der Waals surface area contributed by atoms with Crippen LogP contribution < -0.4 is 0 Å². The molecule has 4 heteroatoms. The Hall–Kier alpha value is -1.97. The summed E-state index contributed by atoms with van der Waals surface area (Å²) in [6.45, 7) is 0. The zero-order valence-corrected chi connectivity index (χ0v) is 7.23. The monoisotopic (exact) mass is 192 g/mol. The normalized spacial score (nSPS) is 10.6. The highest BCUT2D eigenvalue weighted by molar-refractivity contribution is 5.78. The Balaban J connectivity index is 2.52. The van der Waals surface area contributed by atoms with Crippen molar-refractivity contribution in [3.05, 3.63) is 30.2 Å². The predicted octanol–water partition coefficient (Wildman–Crippen LogP) is 1.72. The molecule has 1 aliphatic carbocycles. The zero-order valence-electron chi connectivity index (χ0n) is 7.23. The van der Waals surface area contributed by atoms with E-state index in [-0.39, 0.29) is 12.2 Å². The van der Waals surface area contributed by atoms with E-state index in [2.05, 4.69) is 0 Å². The molecule has 1 aliphatic heterocycles. The van der Waals surface area contributed by atoms with Gasteiger partial charge in [-0.25, -0.2) is 0 Å². The highest BCUT2D eigenvalue weighted by Gasteiger charge is 2.16. The van der Waals surface area contributed by atoms with E-state index >= 15 is 0 Å². The predicted molar refractivity (Wildman–Crippen MR) is 48.3 cm³/mol. The van der Waals surface area contributed by atoms with Crippen LogP contribution in [0.2, 0.25) is 0 Å². The van der Waals surface area contributed by atoms with Crippen LogP contribution in [0, 0.1) is 0 Å². The molecule has 2 rings (SSSR count). The van der Waals surface area contributed by atoms with E-state index in [1.54, 1.807) is 18.2 Å². The van der Waals surface area contributed by atoms with Crippen molar-refractivity contribution in [3.8, 4) is 16.9 Å². The van der Waals surface area contributed by atoms with Gasteiger partial charge in [0, 0.05) is 11.1 Å². The number of carboxylic acid groups (broad SMARTS) is 1. The average molecular weight is 192 g/mol.